The molecule has 1 heterocycles. The van der Waals surface area contributed by atoms with E-state index in [1.165, 1.54) is 4.57 Å². The van der Waals surface area contributed by atoms with E-state index >= 15 is 0 Å². The van der Waals surface area contributed by atoms with E-state index in [0.717, 1.165) is 5.56 Å². The van der Waals surface area contributed by atoms with Gasteiger partial charge in [-0.25, -0.2) is 4.79 Å². The van der Waals surface area contributed by atoms with Crippen LogP contribution in [0.25, 0.3) is 11.1 Å². The number of hydrogen-bond acceptors (Lipinski definition) is 4. The summed E-state index contributed by atoms with van der Waals surface area (Å²) in [5.74, 6) is -0.622. The topological polar surface area (TPSA) is 88.0 Å². The number of nitrogens with one attached hydrogen (secondary N) is 1. The summed E-state index contributed by atoms with van der Waals surface area (Å²) in [6.45, 7) is 2.13. The highest BCUT2D eigenvalue weighted by Crippen LogP contribution is 2.14. The van der Waals surface area contributed by atoms with Gasteiger partial charge < -0.3 is 9.73 Å². The standard InChI is InChI=1S/C19H17N3O3/c1-13(15-8-6-14(12-20)7-9-15)21-18(23)10-11-22-16-4-2-3-5-17(16)25-19(22)24/h2-9,13H,10-11H2,1H3,(H,21,23). The van der Waals surface area contributed by atoms with E-state index in [1.54, 1.807) is 30.3 Å². The quantitative estimate of drug-likeness (QED) is 0.776. The average Bonchev–Trinajstić information content (AvgIpc) is 2.95. The molecule has 1 atom stereocenters. The van der Waals surface area contributed by atoms with Crippen LogP contribution in [0.5, 0.6) is 0 Å². The molecule has 6 nitrogen and oxygen atoms in total. The smallest absolute Gasteiger partial charge is 0.408 e. The average molecular weight is 335 g/mol. The zero-order chi connectivity index (χ0) is 17.8. The van der Waals surface area contributed by atoms with Crippen molar-refractivity contribution in [3.05, 3.63) is 70.2 Å². The largest absolute Gasteiger partial charge is 0.419 e. The molecule has 25 heavy (non-hydrogen) atoms. The van der Waals surface area contributed by atoms with Crippen molar-refractivity contribution < 1.29 is 9.21 Å². The summed E-state index contributed by atoms with van der Waals surface area (Å²) in [6, 6.07) is 16.1. The number of carbonyl (C=O) groups excluding carboxylic acids is 1. The second-order valence-electron chi connectivity index (χ2n) is 5.76. The second kappa shape index (κ2) is 7.05. The Hall–Kier alpha value is -3.33. The van der Waals surface area contributed by atoms with Gasteiger partial charge in [-0.1, -0.05) is 24.3 Å². The molecule has 126 valence electrons. The molecule has 0 spiro atoms. The number of aryl methyl sites for hydroxylation is 1. The Labute approximate surface area is 144 Å². The zero-order valence-electron chi connectivity index (χ0n) is 13.7. The molecule has 6 heteroatoms. The number of nitriles is 1. The first-order valence-electron chi connectivity index (χ1n) is 7.96. The Morgan fingerprint density at radius 2 is 1.96 bits per heavy atom. The van der Waals surface area contributed by atoms with E-state index in [-0.39, 0.29) is 24.9 Å². The molecule has 3 aromatic rings. The van der Waals surface area contributed by atoms with Crippen molar-refractivity contribution in [2.75, 3.05) is 0 Å². The molecule has 2 aromatic carbocycles. The van der Waals surface area contributed by atoms with E-state index in [1.807, 2.05) is 25.1 Å². The molecule has 3 rings (SSSR count). The maximum absolute atomic E-state index is 12.2. The summed E-state index contributed by atoms with van der Waals surface area (Å²) >= 11 is 0. The van der Waals surface area contributed by atoms with Gasteiger partial charge in [-0.3, -0.25) is 9.36 Å². The van der Waals surface area contributed by atoms with Gasteiger partial charge >= 0.3 is 5.76 Å². The maximum Gasteiger partial charge on any atom is 0.419 e. The third-order valence-electron chi connectivity index (χ3n) is 4.05. The predicted molar refractivity (Wildman–Crippen MR) is 92.8 cm³/mol. The molecule has 0 aliphatic heterocycles. The maximum atomic E-state index is 12.2. The molecule has 1 N–H and O–H groups in total. The molecular formula is C19H17N3O3. The molecule has 1 unspecified atom stereocenters. The first-order valence-corrected chi connectivity index (χ1v) is 7.96. The Kier molecular flexibility index (Phi) is 4.66. The van der Waals surface area contributed by atoms with Crippen molar-refractivity contribution in [2.45, 2.75) is 25.9 Å². The normalized spacial score (nSPS) is 11.8. The third-order valence-corrected chi connectivity index (χ3v) is 4.05. The van der Waals surface area contributed by atoms with Crippen LogP contribution >= 0.6 is 0 Å². The van der Waals surface area contributed by atoms with Crippen LogP contribution in [0.4, 0.5) is 0 Å². The van der Waals surface area contributed by atoms with E-state index in [2.05, 4.69) is 11.4 Å². The molecular weight excluding hydrogens is 318 g/mol. The van der Waals surface area contributed by atoms with Crippen LogP contribution in [0.1, 0.15) is 30.5 Å². The lowest BCUT2D eigenvalue weighted by molar-refractivity contribution is -0.121. The van der Waals surface area contributed by atoms with Crippen molar-refractivity contribution in [3.8, 4) is 6.07 Å². The molecule has 0 bridgehead atoms. The number of aromatic nitrogens is 1. The Morgan fingerprint density at radius 1 is 1.24 bits per heavy atom. The van der Waals surface area contributed by atoms with Gasteiger partial charge in [0, 0.05) is 13.0 Å². The van der Waals surface area contributed by atoms with E-state index in [4.69, 9.17) is 9.68 Å². The first kappa shape index (κ1) is 16.5. The monoisotopic (exact) mass is 335 g/mol. The number of benzene rings is 2. The highest BCUT2D eigenvalue weighted by molar-refractivity contribution is 5.77. The van der Waals surface area contributed by atoms with E-state index < -0.39 is 5.76 Å². The number of oxazole rings is 1. The van der Waals surface area contributed by atoms with Crippen molar-refractivity contribution in [1.29, 1.82) is 5.26 Å². The van der Waals surface area contributed by atoms with Crippen LogP contribution in [-0.2, 0) is 11.3 Å². The van der Waals surface area contributed by atoms with Gasteiger partial charge in [-0.15, -0.1) is 0 Å². The number of rotatable bonds is 5. The van der Waals surface area contributed by atoms with Crippen molar-refractivity contribution in [1.82, 2.24) is 9.88 Å². The number of hydrogen-bond donors (Lipinski definition) is 1. The van der Waals surface area contributed by atoms with E-state index in [9.17, 15) is 9.59 Å². The fourth-order valence-corrected chi connectivity index (χ4v) is 2.68. The van der Waals surface area contributed by atoms with Gasteiger partial charge in [-0.05, 0) is 36.8 Å². The predicted octanol–water partition coefficient (Wildman–Crippen LogP) is 2.73. The van der Waals surface area contributed by atoms with Gasteiger partial charge in [0.15, 0.2) is 5.58 Å². The summed E-state index contributed by atoms with van der Waals surface area (Å²) in [5, 5.41) is 11.7. The Morgan fingerprint density at radius 3 is 2.68 bits per heavy atom. The van der Waals surface area contributed by atoms with Gasteiger partial charge in [0.05, 0.1) is 23.2 Å². The third kappa shape index (κ3) is 3.61. The van der Waals surface area contributed by atoms with Gasteiger partial charge in [0.1, 0.15) is 0 Å². The molecule has 0 fully saturated rings. The first-order chi connectivity index (χ1) is 12.1. The van der Waals surface area contributed by atoms with Crippen molar-refractivity contribution >= 4 is 17.0 Å². The number of carbonyl (C=O) groups is 1. The van der Waals surface area contributed by atoms with Crippen LogP contribution in [-0.4, -0.2) is 10.5 Å². The number of nitrogens with zero attached hydrogens (tertiary/aromatic N) is 2. The van der Waals surface area contributed by atoms with Crippen LogP contribution in [0.2, 0.25) is 0 Å². The summed E-state index contributed by atoms with van der Waals surface area (Å²) in [7, 11) is 0. The molecule has 0 aliphatic carbocycles. The lowest BCUT2D eigenvalue weighted by Crippen LogP contribution is -2.28. The minimum atomic E-state index is -0.464. The molecule has 0 saturated carbocycles. The molecule has 1 aromatic heterocycles. The van der Waals surface area contributed by atoms with Gasteiger partial charge in [0.25, 0.3) is 0 Å². The number of fused-ring (bicyclic) bond motifs is 1. The van der Waals surface area contributed by atoms with Crippen LogP contribution < -0.4 is 11.1 Å². The van der Waals surface area contributed by atoms with Gasteiger partial charge in [-0.2, -0.15) is 5.26 Å². The molecule has 0 radical (unpaired) electrons. The zero-order valence-corrected chi connectivity index (χ0v) is 13.7. The minimum absolute atomic E-state index is 0.158. The lowest BCUT2D eigenvalue weighted by atomic mass is 10.1. The SMILES string of the molecule is CC(NC(=O)CCn1c(=O)oc2ccccc21)c1ccc(C#N)cc1. The molecule has 1 amide bonds. The summed E-state index contributed by atoms with van der Waals surface area (Å²) in [6.07, 6.45) is 0.171. The summed E-state index contributed by atoms with van der Waals surface area (Å²) in [4.78, 5) is 24.1. The summed E-state index contributed by atoms with van der Waals surface area (Å²) in [5.41, 5.74) is 2.69. The number of amides is 1. The Bertz CT molecular complexity index is 993. The van der Waals surface area contributed by atoms with Crippen LogP contribution in [0.3, 0.4) is 0 Å². The van der Waals surface area contributed by atoms with Crippen LogP contribution in [0.15, 0.2) is 57.7 Å². The highest BCUT2D eigenvalue weighted by Gasteiger charge is 2.13. The number of para-hydroxylation sites is 2. The lowest BCUT2D eigenvalue weighted by Gasteiger charge is -2.14. The van der Waals surface area contributed by atoms with Crippen LogP contribution in [0, 0.1) is 11.3 Å². The molecule has 0 saturated heterocycles. The van der Waals surface area contributed by atoms with Crippen molar-refractivity contribution in [3.63, 3.8) is 0 Å². The minimum Gasteiger partial charge on any atom is -0.408 e. The fraction of sp³-hybridized carbons (Fsp3) is 0.211. The second-order valence-corrected chi connectivity index (χ2v) is 5.76. The van der Waals surface area contributed by atoms with Gasteiger partial charge in [0.2, 0.25) is 5.91 Å². The van der Waals surface area contributed by atoms with Crippen molar-refractivity contribution in [2.24, 2.45) is 0 Å². The summed E-state index contributed by atoms with van der Waals surface area (Å²) < 4.78 is 6.61. The van der Waals surface area contributed by atoms with E-state index in [0.29, 0.717) is 16.7 Å². The highest BCUT2D eigenvalue weighted by atomic mass is 16.4. The molecule has 0 aliphatic rings. The fourth-order valence-electron chi connectivity index (χ4n) is 2.68. The Balaban J connectivity index is 1.63.